The van der Waals surface area contributed by atoms with Crippen molar-refractivity contribution in [1.29, 1.82) is 0 Å². The largest absolute Gasteiger partial charge is 0.493 e. The first kappa shape index (κ1) is 20.1. The number of ether oxygens (including phenoxy) is 3. The highest BCUT2D eigenvalue weighted by Crippen LogP contribution is 2.52. The van der Waals surface area contributed by atoms with Gasteiger partial charge in [0.15, 0.2) is 18.1 Å². The predicted octanol–water partition coefficient (Wildman–Crippen LogP) is 2.17. The van der Waals surface area contributed by atoms with E-state index in [2.05, 4.69) is 5.10 Å². The molecule has 4 unspecified atom stereocenters. The number of methoxy groups -OCH3 is 1. The molecule has 0 N–H and O–H groups in total. The van der Waals surface area contributed by atoms with Gasteiger partial charge >= 0.3 is 5.97 Å². The number of imide groups is 1. The molecular weight excluding hydrogens is 388 g/mol. The summed E-state index contributed by atoms with van der Waals surface area (Å²) in [6.07, 6.45) is 6.21. The highest BCUT2D eigenvalue weighted by atomic mass is 16.6. The number of hydrazone groups is 1. The van der Waals surface area contributed by atoms with E-state index in [0.29, 0.717) is 17.1 Å². The Labute approximate surface area is 174 Å². The second-order valence-corrected chi connectivity index (χ2v) is 7.97. The van der Waals surface area contributed by atoms with Crippen molar-refractivity contribution in [2.45, 2.75) is 26.4 Å². The first-order chi connectivity index (χ1) is 14.4. The van der Waals surface area contributed by atoms with Crippen LogP contribution in [0.1, 0.15) is 25.8 Å². The van der Waals surface area contributed by atoms with E-state index in [4.69, 9.17) is 14.2 Å². The summed E-state index contributed by atoms with van der Waals surface area (Å²) in [5, 5.41) is 5.16. The predicted molar refractivity (Wildman–Crippen MR) is 107 cm³/mol. The molecule has 1 saturated carbocycles. The molecule has 30 heavy (non-hydrogen) atoms. The van der Waals surface area contributed by atoms with Crippen molar-refractivity contribution in [3.63, 3.8) is 0 Å². The van der Waals surface area contributed by atoms with Crippen LogP contribution in [0.4, 0.5) is 0 Å². The van der Waals surface area contributed by atoms with Gasteiger partial charge in [-0.3, -0.25) is 9.59 Å². The molecule has 2 aliphatic carbocycles. The molecule has 158 valence electrons. The van der Waals surface area contributed by atoms with Crippen LogP contribution in [-0.4, -0.2) is 48.8 Å². The average Bonchev–Trinajstić information content (AvgIpc) is 3.39. The number of hydrogen-bond acceptors (Lipinski definition) is 7. The van der Waals surface area contributed by atoms with Crippen molar-refractivity contribution in [3.8, 4) is 11.5 Å². The van der Waals surface area contributed by atoms with E-state index in [1.165, 1.54) is 13.3 Å². The quantitative estimate of drug-likeness (QED) is 0.295. The van der Waals surface area contributed by atoms with E-state index >= 15 is 0 Å². The van der Waals surface area contributed by atoms with Gasteiger partial charge in [-0.1, -0.05) is 12.2 Å². The van der Waals surface area contributed by atoms with E-state index in [1.807, 2.05) is 12.2 Å². The molecule has 8 heteroatoms. The first-order valence-corrected chi connectivity index (χ1v) is 9.99. The molecule has 0 radical (unpaired) electrons. The van der Waals surface area contributed by atoms with Crippen LogP contribution in [0.5, 0.6) is 11.5 Å². The van der Waals surface area contributed by atoms with Crippen LogP contribution in [0.2, 0.25) is 0 Å². The van der Waals surface area contributed by atoms with Crippen LogP contribution < -0.4 is 9.47 Å². The number of esters is 1. The third-order valence-corrected chi connectivity index (χ3v) is 5.67. The van der Waals surface area contributed by atoms with Crippen molar-refractivity contribution in [2.75, 3.05) is 13.7 Å². The number of carbonyl (C=O) groups is 3. The lowest BCUT2D eigenvalue weighted by atomic mass is 9.85. The van der Waals surface area contributed by atoms with E-state index in [1.54, 1.807) is 32.0 Å². The van der Waals surface area contributed by atoms with Gasteiger partial charge in [-0.25, -0.2) is 4.79 Å². The fourth-order valence-electron chi connectivity index (χ4n) is 4.44. The second-order valence-electron chi connectivity index (χ2n) is 7.97. The van der Waals surface area contributed by atoms with Gasteiger partial charge in [0, 0.05) is 0 Å². The fourth-order valence-corrected chi connectivity index (χ4v) is 4.44. The molecule has 1 aromatic rings. The average molecular weight is 412 g/mol. The van der Waals surface area contributed by atoms with Gasteiger partial charge in [0.2, 0.25) is 0 Å². The normalized spacial score (nSPS) is 26.7. The summed E-state index contributed by atoms with van der Waals surface area (Å²) in [6, 6.07) is 4.99. The smallest absolute Gasteiger partial charge is 0.344 e. The minimum absolute atomic E-state index is 0.149. The molecule has 3 aliphatic rings. The van der Waals surface area contributed by atoms with Crippen molar-refractivity contribution in [3.05, 3.63) is 35.9 Å². The molecule has 0 aromatic heterocycles. The molecule has 1 heterocycles. The maximum absolute atomic E-state index is 12.7. The Morgan fingerprint density at radius 2 is 1.83 bits per heavy atom. The number of carbonyl (C=O) groups excluding carboxylic acids is 3. The third kappa shape index (κ3) is 3.58. The Morgan fingerprint density at radius 1 is 1.17 bits per heavy atom. The Hall–Kier alpha value is -3.16. The van der Waals surface area contributed by atoms with E-state index in [0.717, 1.165) is 11.4 Å². The van der Waals surface area contributed by atoms with E-state index < -0.39 is 5.97 Å². The van der Waals surface area contributed by atoms with Gasteiger partial charge in [-0.05, 0) is 55.9 Å². The van der Waals surface area contributed by atoms with Crippen LogP contribution >= 0.6 is 0 Å². The Bertz CT molecular complexity index is 908. The standard InChI is InChI=1S/C22H24N2O6/c1-12(2)30-18(25)11-29-16-7-4-13(8-17(16)28-3)10-23-24-21(26)19-14-5-6-15(9-14)20(19)22(24)27/h4-8,10,12,14-15,19-20H,9,11H2,1-3H3. The highest BCUT2D eigenvalue weighted by molar-refractivity contribution is 6.06. The number of benzene rings is 1. The Kier molecular flexibility index (Phi) is 5.32. The number of allylic oxidation sites excluding steroid dienone is 2. The lowest BCUT2D eigenvalue weighted by Crippen LogP contribution is -2.28. The molecule has 4 atom stereocenters. The number of fused-ring (bicyclic) bond motifs is 5. The zero-order valence-corrected chi connectivity index (χ0v) is 17.1. The minimum atomic E-state index is -0.474. The van der Waals surface area contributed by atoms with Crippen molar-refractivity contribution < 1.29 is 28.6 Å². The Balaban J connectivity index is 1.44. The number of rotatable bonds is 7. The SMILES string of the molecule is COc1cc(C=NN2C(=O)C3C4C=CC(C4)C3C2=O)ccc1OCC(=O)OC(C)C. The third-order valence-electron chi connectivity index (χ3n) is 5.67. The number of hydrogen-bond donors (Lipinski definition) is 0. The number of amides is 2. The monoisotopic (exact) mass is 412 g/mol. The van der Waals surface area contributed by atoms with Crippen LogP contribution in [0.3, 0.4) is 0 Å². The molecule has 1 aliphatic heterocycles. The van der Waals surface area contributed by atoms with Gasteiger partial charge in [0.1, 0.15) is 0 Å². The maximum Gasteiger partial charge on any atom is 0.344 e. The van der Waals surface area contributed by atoms with Crippen LogP contribution in [0.15, 0.2) is 35.5 Å². The lowest BCUT2D eigenvalue weighted by Gasteiger charge is -2.13. The molecule has 8 nitrogen and oxygen atoms in total. The van der Waals surface area contributed by atoms with Crippen molar-refractivity contribution in [2.24, 2.45) is 28.8 Å². The molecule has 2 amide bonds. The molecule has 4 rings (SSSR count). The summed E-state index contributed by atoms with van der Waals surface area (Å²) in [5.74, 6) is -0.414. The zero-order valence-electron chi connectivity index (χ0n) is 17.1. The van der Waals surface area contributed by atoms with Crippen LogP contribution in [0.25, 0.3) is 0 Å². The number of nitrogens with zero attached hydrogens (tertiary/aromatic N) is 2. The van der Waals surface area contributed by atoms with E-state index in [9.17, 15) is 14.4 Å². The summed E-state index contributed by atoms with van der Waals surface area (Å²) in [7, 11) is 1.48. The topological polar surface area (TPSA) is 94.5 Å². The minimum Gasteiger partial charge on any atom is -0.493 e. The highest BCUT2D eigenvalue weighted by Gasteiger charge is 2.59. The van der Waals surface area contributed by atoms with Gasteiger partial charge < -0.3 is 14.2 Å². The van der Waals surface area contributed by atoms with Gasteiger partial charge in [-0.15, -0.1) is 0 Å². The summed E-state index contributed by atoms with van der Waals surface area (Å²) >= 11 is 0. The molecule has 2 bridgehead atoms. The van der Waals surface area contributed by atoms with E-state index in [-0.39, 0.29) is 48.2 Å². The molecule has 1 saturated heterocycles. The molecule has 2 fully saturated rings. The molecule has 0 spiro atoms. The zero-order chi connectivity index (χ0) is 21.4. The van der Waals surface area contributed by atoms with Crippen LogP contribution in [-0.2, 0) is 19.1 Å². The summed E-state index contributed by atoms with van der Waals surface area (Å²) in [5.41, 5.74) is 0.628. The summed E-state index contributed by atoms with van der Waals surface area (Å²) in [4.78, 5) is 37.0. The lowest BCUT2D eigenvalue weighted by molar-refractivity contribution is -0.149. The summed E-state index contributed by atoms with van der Waals surface area (Å²) < 4.78 is 15.8. The van der Waals surface area contributed by atoms with Crippen LogP contribution in [0, 0.1) is 23.7 Å². The van der Waals surface area contributed by atoms with Gasteiger partial charge in [0.25, 0.3) is 11.8 Å². The fraction of sp³-hybridized carbons (Fsp3) is 0.455. The molecule has 1 aromatic carbocycles. The Morgan fingerprint density at radius 3 is 2.43 bits per heavy atom. The second kappa shape index (κ2) is 7.93. The van der Waals surface area contributed by atoms with Gasteiger partial charge in [-0.2, -0.15) is 10.1 Å². The molecular formula is C22H24N2O6. The maximum atomic E-state index is 12.7. The summed E-state index contributed by atoms with van der Waals surface area (Å²) in [6.45, 7) is 3.28. The van der Waals surface area contributed by atoms with Gasteiger partial charge in [0.05, 0.1) is 31.3 Å². The first-order valence-electron chi connectivity index (χ1n) is 9.99. The van der Waals surface area contributed by atoms with Crippen molar-refractivity contribution in [1.82, 2.24) is 5.01 Å². The van der Waals surface area contributed by atoms with Crippen molar-refractivity contribution >= 4 is 24.0 Å².